The van der Waals surface area contributed by atoms with E-state index in [1.807, 2.05) is 42.5 Å². The zero-order chi connectivity index (χ0) is 25.9. The maximum atomic E-state index is 12.0. The Kier molecular flexibility index (Phi) is 9.58. The first-order chi connectivity index (χ1) is 18.1. The molecular formula is C31H37N3O3. The molecule has 0 radical (unpaired) electrons. The lowest BCUT2D eigenvalue weighted by molar-refractivity contribution is -0.123. The number of benzene rings is 3. The van der Waals surface area contributed by atoms with E-state index in [0.29, 0.717) is 18.9 Å². The van der Waals surface area contributed by atoms with E-state index in [1.54, 1.807) is 0 Å². The molecule has 0 saturated heterocycles. The number of hydrogen-bond acceptors (Lipinski definition) is 4. The zero-order valence-electron chi connectivity index (χ0n) is 21.9. The number of hydrogen-bond donors (Lipinski definition) is 1. The van der Waals surface area contributed by atoms with Gasteiger partial charge in [-0.3, -0.25) is 4.79 Å². The van der Waals surface area contributed by atoms with Crippen molar-refractivity contribution >= 4 is 16.9 Å². The lowest BCUT2D eigenvalue weighted by atomic mass is 10.1. The van der Waals surface area contributed by atoms with Crippen molar-refractivity contribution in [2.75, 3.05) is 19.8 Å². The highest BCUT2D eigenvalue weighted by atomic mass is 16.5. The second-order valence-electron chi connectivity index (χ2n) is 9.38. The SMILES string of the molecule is Cc1ccc(OCCCn2c(CCCCCNC(=O)COc3ccccc3)nc3ccccc32)cc1C. The fourth-order valence-electron chi connectivity index (χ4n) is 4.31. The van der Waals surface area contributed by atoms with Crippen molar-refractivity contribution in [2.45, 2.75) is 52.5 Å². The number of nitrogens with one attached hydrogen (secondary N) is 1. The van der Waals surface area contributed by atoms with Crippen molar-refractivity contribution in [1.82, 2.24) is 14.9 Å². The molecule has 1 heterocycles. The summed E-state index contributed by atoms with van der Waals surface area (Å²) in [5.41, 5.74) is 4.74. The predicted molar refractivity (Wildman–Crippen MR) is 148 cm³/mol. The number of unbranched alkanes of at least 4 members (excludes halogenated alkanes) is 2. The summed E-state index contributed by atoms with van der Waals surface area (Å²) in [6, 6.07) is 24.0. The molecule has 37 heavy (non-hydrogen) atoms. The minimum Gasteiger partial charge on any atom is -0.494 e. The Morgan fingerprint density at radius 1 is 0.838 bits per heavy atom. The van der Waals surface area contributed by atoms with Gasteiger partial charge in [-0.05, 0) is 80.6 Å². The third-order valence-corrected chi connectivity index (χ3v) is 6.52. The highest BCUT2D eigenvalue weighted by Gasteiger charge is 2.10. The molecule has 1 N–H and O–H groups in total. The Hall–Kier alpha value is -3.80. The molecular weight excluding hydrogens is 462 g/mol. The minimum atomic E-state index is -0.0892. The molecule has 1 amide bonds. The van der Waals surface area contributed by atoms with Gasteiger partial charge in [-0.15, -0.1) is 0 Å². The third-order valence-electron chi connectivity index (χ3n) is 6.52. The molecule has 0 saturated carbocycles. The number of amides is 1. The topological polar surface area (TPSA) is 65.4 Å². The summed E-state index contributed by atoms with van der Waals surface area (Å²) in [5.74, 6) is 2.66. The lowest BCUT2D eigenvalue weighted by Crippen LogP contribution is -2.29. The lowest BCUT2D eigenvalue weighted by Gasteiger charge is -2.11. The quantitative estimate of drug-likeness (QED) is 0.215. The van der Waals surface area contributed by atoms with Crippen molar-refractivity contribution < 1.29 is 14.3 Å². The first-order valence-corrected chi connectivity index (χ1v) is 13.2. The molecule has 6 heteroatoms. The summed E-state index contributed by atoms with van der Waals surface area (Å²) in [4.78, 5) is 16.9. The van der Waals surface area contributed by atoms with Gasteiger partial charge in [-0.2, -0.15) is 0 Å². The number of carbonyl (C=O) groups is 1. The largest absolute Gasteiger partial charge is 0.494 e. The van der Waals surface area contributed by atoms with Gasteiger partial charge in [-0.1, -0.05) is 42.8 Å². The molecule has 0 aliphatic carbocycles. The van der Waals surface area contributed by atoms with Gasteiger partial charge in [0.1, 0.15) is 17.3 Å². The van der Waals surface area contributed by atoms with Crippen molar-refractivity contribution in [2.24, 2.45) is 0 Å². The summed E-state index contributed by atoms with van der Waals surface area (Å²) in [7, 11) is 0. The Morgan fingerprint density at radius 3 is 2.49 bits per heavy atom. The molecule has 0 spiro atoms. The van der Waals surface area contributed by atoms with E-state index in [-0.39, 0.29) is 12.5 Å². The number of rotatable bonds is 14. The van der Waals surface area contributed by atoms with Gasteiger partial charge < -0.3 is 19.4 Å². The van der Waals surface area contributed by atoms with Crippen LogP contribution in [0.3, 0.4) is 0 Å². The summed E-state index contributed by atoms with van der Waals surface area (Å²) >= 11 is 0. The van der Waals surface area contributed by atoms with E-state index in [1.165, 1.54) is 16.6 Å². The van der Waals surface area contributed by atoms with Crippen molar-refractivity contribution in [3.63, 3.8) is 0 Å². The van der Waals surface area contributed by atoms with Crippen molar-refractivity contribution in [3.8, 4) is 11.5 Å². The maximum absolute atomic E-state index is 12.0. The average molecular weight is 500 g/mol. The van der Waals surface area contributed by atoms with Crippen LogP contribution in [-0.4, -0.2) is 35.2 Å². The summed E-state index contributed by atoms with van der Waals surface area (Å²) in [6.07, 6.45) is 4.81. The molecule has 1 aromatic heterocycles. The molecule has 0 aliphatic heterocycles. The first kappa shape index (κ1) is 26.3. The monoisotopic (exact) mass is 499 g/mol. The molecule has 6 nitrogen and oxygen atoms in total. The molecule has 0 fully saturated rings. The van der Waals surface area contributed by atoms with E-state index in [4.69, 9.17) is 14.5 Å². The second kappa shape index (κ2) is 13.5. The number of nitrogens with zero attached hydrogens (tertiary/aromatic N) is 2. The third kappa shape index (κ3) is 7.84. The number of carbonyl (C=O) groups excluding carboxylic acids is 1. The molecule has 194 valence electrons. The number of aromatic nitrogens is 2. The van der Waals surface area contributed by atoms with E-state index in [9.17, 15) is 4.79 Å². The van der Waals surface area contributed by atoms with E-state index < -0.39 is 0 Å². The highest BCUT2D eigenvalue weighted by molar-refractivity contribution is 5.77. The Bertz CT molecular complexity index is 1280. The van der Waals surface area contributed by atoms with Crippen molar-refractivity contribution in [1.29, 1.82) is 0 Å². The van der Waals surface area contributed by atoms with Gasteiger partial charge in [-0.25, -0.2) is 4.98 Å². The van der Waals surface area contributed by atoms with Gasteiger partial charge in [0, 0.05) is 19.5 Å². The highest BCUT2D eigenvalue weighted by Crippen LogP contribution is 2.20. The van der Waals surface area contributed by atoms with Crippen LogP contribution in [0.2, 0.25) is 0 Å². The molecule has 4 aromatic rings. The molecule has 0 bridgehead atoms. The molecule has 0 atom stereocenters. The molecule has 0 unspecified atom stereocenters. The number of fused-ring (bicyclic) bond motifs is 1. The van der Waals surface area contributed by atoms with Crippen LogP contribution in [0.4, 0.5) is 0 Å². The van der Waals surface area contributed by atoms with E-state index in [0.717, 1.165) is 55.7 Å². The van der Waals surface area contributed by atoms with Gasteiger partial charge >= 0.3 is 0 Å². The van der Waals surface area contributed by atoms with Crippen LogP contribution in [0.15, 0.2) is 72.8 Å². The van der Waals surface area contributed by atoms with Crippen molar-refractivity contribution in [3.05, 3.63) is 89.7 Å². The fraction of sp³-hybridized carbons (Fsp3) is 0.355. The summed E-state index contributed by atoms with van der Waals surface area (Å²) < 4.78 is 13.8. The van der Waals surface area contributed by atoms with Crippen LogP contribution in [0.1, 0.15) is 42.6 Å². The number of para-hydroxylation sites is 3. The van der Waals surface area contributed by atoms with Crippen LogP contribution in [0.5, 0.6) is 11.5 Å². The standard InChI is InChI=1S/C31H37N3O3/c1-24-17-18-27(22-25(24)2)36-21-11-20-34-29-15-9-8-14-28(29)33-30(34)16-7-4-10-19-32-31(35)23-37-26-12-5-3-6-13-26/h3,5-6,8-9,12-15,17-18,22H,4,7,10-11,16,19-21,23H2,1-2H3,(H,32,35). The fourth-order valence-corrected chi connectivity index (χ4v) is 4.31. The predicted octanol–water partition coefficient (Wildman–Crippen LogP) is 6.03. The Balaban J connectivity index is 1.19. The maximum Gasteiger partial charge on any atom is 0.257 e. The van der Waals surface area contributed by atoms with Gasteiger partial charge in [0.25, 0.3) is 5.91 Å². The van der Waals surface area contributed by atoms with Crippen LogP contribution in [0.25, 0.3) is 11.0 Å². The van der Waals surface area contributed by atoms with Gasteiger partial charge in [0.15, 0.2) is 6.61 Å². The zero-order valence-corrected chi connectivity index (χ0v) is 21.9. The van der Waals surface area contributed by atoms with Crippen LogP contribution in [0, 0.1) is 13.8 Å². The minimum absolute atomic E-state index is 0.0429. The van der Waals surface area contributed by atoms with Crippen LogP contribution < -0.4 is 14.8 Å². The smallest absolute Gasteiger partial charge is 0.257 e. The molecule has 3 aromatic carbocycles. The summed E-state index contributed by atoms with van der Waals surface area (Å²) in [5, 5.41) is 2.94. The average Bonchev–Trinajstić information content (AvgIpc) is 3.27. The number of aryl methyl sites for hydroxylation is 4. The Labute approximate surface area is 219 Å². The molecule has 0 aliphatic rings. The van der Waals surface area contributed by atoms with Crippen LogP contribution >= 0.6 is 0 Å². The first-order valence-electron chi connectivity index (χ1n) is 13.2. The van der Waals surface area contributed by atoms with Crippen LogP contribution in [-0.2, 0) is 17.8 Å². The number of imidazole rings is 1. The molecule has 4 rings (SSSR count). The van der Waals surface area contributed by atoms with E-state index in [2.05, 4.69) is 54.1 Å². The second-order valence-corrected chi connectivity index (χ2v) is 9.38. The Morgan fingerprint density at radius 2 is 1.65 bits per heavy atom. The van der Waals surface area contributed by atoms with E-state index >= 15 is 0 Å². The number of ether oxygens (including phenoxy) is 2. The summed E-state index contributed by atoms with van der Waals surface area (Å²) in [6.45, 7) is 6.47. The van der Waals surface area contributed by atoms with Gasteiger partial charge in [0.05, 0.1) is 17.6 Å². The normalized spacial score (nSPS) is 11.0. The van der Waals surface area contributed by atoms with Gasteiger partial charge in [0.2, 0.25) is 0 Å².